The van der Waals surface area contributed by atoms with Crippen LogP contribution in [0.3, 0.4) is 0 Å². The third kappa shape index (κ3) is 19.7. The first-order valence-corrected chi connectivity index (χ1v) is 22.6. The van der Waals surface area contributed by atoms with Crippen molar-refractivity contribution in [1.29, 1.82) is 0 Å². The van der Waals surface area contributed by atoms with Gasteiger partial charge in [0, 0.05) is 0 Å². The van der Waals surface area contributed by atoms with Crippen LogP contribution in [0.5, 0.6) is 0 Å². The molecule has 7 atom stereocenters. The van der Waals surface area contributed by atoms with E-state index in [-0.39, 0.29) is 10.5 Å². The lowest BCUT2D eigenvalue weighted by Gasteiger charge is -2.55. The van der Waals surface area contributed by atoms with Gasteiger partial charge in [0.15, 0.2) is 6.10 Å². The van der Waals surface area contributed by atoms with E-state index in [1.54, 1.807) is 0 Å². The summed E-state index contributed by atoms with van der Waals surface area (Å²) in [4.78, 5) is 0. The molecule has 1 saturated heterocycles. The van der Waals surface area contributed by atoms with Gasteiger partial charge >= 0.3 is 0 Å². The monoisotopic (exact) mass is 744 g/mol. The molecule has 1 aliphatic heterocycles. The van der Waals surface area contributed by atoms with E-state index in [4.69, 9.17) is 17.0 Å². The predicted octanol–water partition coefficient (Wildman–Crippen LogP) is 9.77. The maximum absolute atomic E-state index is 13.8. The number of quaternary nitrogens is 1. The molecule has 1 fully saturated rings. The van der Waals surface area contributed by atoms with Crippen LogP contribution in [-0.4, -0.2) is 79.9 Å². The number of hydrogen-bond donors (Lipinski definition) is 4. The van der Waals surface area contributed by atoms with Crippen LogP contribution in [0.2, 0.25) is 0 Å². The third-order valence-corrected chi connectivity index (χ3v) is 12.1. The number of nitrogens with zero attached hydrogens (tertiary/aromatic N) is 1. The van der Waals surface area contributed by atoms with Crippen LogP contribution >= 0.6 is 12.2 Å². The quantitative estimate of drug-likeness (QED) is 0.0291. The molecule has 0 aliphatic carbocycles. The lowest BCUT2D eigenvalue weighted by atomic mass is 9.92. The highest BCUT2D eigenvalue weighted by molar-refractivity contribution is 7.79. The molecule has 0 aromatic carbocycles. The fourth-order valence-electron chi connectivity index (χ4n) is 8.34. The Hall–Kier alpha value is -0.350. The number of hydrogen-bond acceptors (Lipinski definition) is 7. The first-order chi connectivity index (χ1) is 24.8. The van der Waals surface area contributed by atoms with Gasteiger partial charge in [0.25, 0.3) is 0 Å². The Balaban J connectivity index is 2.75. The van der Waals surface area contributed by atoms with Gasteiger partial charge in [-0.15, -0.1) is 0 Å². The molecule has 0 aromatic heterocycles. The van der Waals surface area contributed by atoms with E-state index in [1.165, 1.54) is 141 Å². The summed E-state index contributed by atoms with van der Waals surface area (Å²) in [6.45, 7) is 6.60. The van der Waals surface area contributed by atoms with Crippen molar-refractivity contribution < 1.29 is 34.8 Å². The summed E-state index contributed by atoms with van der Waals surface area (Å²) in [6, 6.07) is -0.147. The van der Waals surface area contributed by atoms with Crippen LogP contribution in [0.15, 0.2) is 0 Å². The van der Waals surface area contributed by atoms with E-state index in [9.17, 15) is 25.5 Å². The minimum atomic E-state index is -1.52. The first kappa shape index (κ1) is 48.7. The van der Waals surface area contributed by atoms with Crippen LogP contribution in [0, 0.1) is 0 Å². The van der Waals surface area contributed by atoms with Gasteiger partial charge in [-0.25, -0.2) is 0 Å². The van der Waals surface area contributed by atoms with Gasteiger partial charge in [-0.3, -0.25) is 4.48 Å². The Morgan fingerprint density at radius 1 is 0.529 bits per heavy atom. The highest BCUT2D eigenvalue weighted by Gasteiger charge is 2.55. The maximum Gasteiger partial charge on any atom is 0.227 e. The number of aliphatic hydroxyl groups excluding tert-OH is 4. The van der Waals surface area contributed by atoms with Crippen molar-refractivity contribution in [1.82, 2.24) is 0 Å². The molecule has 3 unspecified atom stereocenters. The van der Waals surface area contributed by atoms with Gasteiger partial charge < -0.3 is 30.3 Å². The third-order valence-electron chi connectivity index (χ3n) is 11.7. The molecule has 0 bridgehead atoms. The zero-order valence-corrected chi connectivity index (χ0v) is 34.6. The van der Waals surface area contributed by atoms with E-state index >= 15 is 0 Å². The summed E-state index contributed by atoms with van der Waals surface area (Å²) in [6.07, 6.45) is 30.8. The number of ether oxygens (including phenoxy) is 1. The zero-order valence-electron chi connectivity index (χ0n) is 33.8. The molecule has 4 N–H and O–H groups in total. The highest BCUT2D eigenvalue weighted by atomic mass is 32.1. The number of rotatable bonds is 35. The summed E-state index contributed by atoms with van der Waals surface area (Å²) in [5, 5.41) is 56.1. The smallest absolute Gasteiger partial charge is 0.227 e. The largest absolute Gasteiger partial charge is 0.822 e. The second-order valence-electron chi connectivity index (χ2n) is 16.1. The van der Waals surface area contributed by atoms with Gasteiger partial charge in [-0.1, -0.05) is 181 Å². The van der Waals surface area contributed by atoms with Crippen LogP contribution < -0.4 is 5.11 Å². The molecule has 7 nitrogen and oxygen atoms in total. The summed E-state index contributed by atoms with van der Waals surface area (Å²) >= 11 is 5.55. The molecule has 0 aromatic rings. The molecular formula is C43H85NO6S. The van der Waals surface area contributed by atoms with E-state index in [2.05, 4.69) is 20.8 Å². The average molecular weight is 744 g/mol. The van der Waals surface area contributed by atoms with Crippen molar-refractivity contribution in [2.75, 3.05) is 13.2 Å². The van der Waals surface area contributed by atoms with Gasteiger partial charge in [0.1, 0.15) is 23.5 Å². The molecule has 0 saturated carbocycles. The Labute approximate surface area is 320 Å². The highest BCUT2D eigenvalue weighted by Crippen LogP contribution is 2.36. The van der Waals surface area contributed by atoms with E-state index in [0.717, 1.165) is 57.8 Å². The van der Waals surface area contributed by atoms with Gasteiger partial charge in [-0.05, 0) is 50.7 Å². The van der Waals surface area contributed by atoms with E-state index in [1.807, 2.05) is 0 Å². The van der Waals surface area contributed by atoms with Gasteiger partial charge in [0.05, 0.1) is 19.2 Å². The van der Waals surface area contributed by atoms with Crippen molar-refractivity contribution in [2.24, 2.45) is 0 Å². The average Bonchev–Trinajstić information content (AvgIpc) is 3.12. The predicted molar refractivity (Wildman–Crippen MR) is 215 cm³/mol. The molecule has 304 valence electrons. The van der Waals surface area contributed by atoms with Crippen LogP contribution in [0.1, 0.15) is 220 Å². The molecule has 8 heteroatoms. The van der Waals surface area contributed by atoms with E-state index < -0.39 is 42.4 Å². The van der Waals surface area contributed by atoms with Crippen molar-refractivity contribution in [2.45, 2.75) is 257 Å². The summed E-state index contributed by atoms with van der Waals surface area (Å²) in [5.41, 5.74) is 0. The van der Waals surface area contributed by atoms with Crippen molar-refractivity contribution in [3.05, 3.63) is 0 Å². The van der Waals surface area contributed by atoms with Crippen LogP contribution in [0.4, 0.5) is 0 Å². The molecular weight excluding hydrogens is 659 g/mol. The lowest BCUT2D eigenvalue weighted by Crippen LogP contribution is -2.76. The normalized spacial score (nSPS) is 22.6. The topological polar surface area (TPSA) is 113 Å². The Bertz CT molecular complexity index is 802. The second kappa shape index (κ2) is 31.9. The van der Waals surface area contributed by atoms with Gasteiger partial charge in [-0.2, -0.15) is 0 Å². The number of thiocarbonyl (C=S) groups is 1. The first-order valence-electron chi connectivity index (χ1n) is 22.2. The minimum Gasteiger partial charge on any atom is -0.822 e. The fraction of sp³-hybridized carbons (Fsp3) is 0.977. The molecule has 0 spiro atoms. The van der Waals surface area contributed by atoms with Crippen molar-refractivity contribution >= 4 is 17.4 Å². The second-order valence-corrected chi connectivity index (χ2v) is 16.4. The maximum atomic E-state index is 13.8. The molecule has 1 rings (SSSR count). The zero-order chi connectivity index (χ0) is 37.6. The number of aliphatic hydroxyl groups is 4. The molecule has 51 heavy (non-hydrogen) atoms. The minimum absolute atomic E-state index is 0.147. The Kier molecular flexibility index (Phi) is 30.5. The SMILES string of the molecule is CCCCCCCCCCCCCCCCCC[N+](C([O-])=S)(C(CCCC)CCCCCCCCCCCCC)C1O[C@H](CO)[C@@H](O)[C@H](O)[C@H]1O. The molecule has 1 heterocycles. The van der Waals surface area contributed by atoms with E-state index in [0.29, 0.717) is 6.54 Å². The summed E-state index contributed by atoms with van der Waals surface area (Å²) in [5.74, 6) is 0. The fourth-order valence-corrected chi connectivity index (χ4v) is 8.68. The Morgan fingerprint density at radius 2 is 0.882 bits per heavy atom. The van der Waals surface area contributed by atoms with Crippen molar-refractivity contribution in [3.63, 3.8) is 0 Å². The van der Waals surface area contributed by atoms with Crippen molar-refractivity contribution in [3.8, 4) is 0 Å². The summed E-state index contributed by atoms with van der Waals surface area (Å²) in [7, 11) is 0. The standard InChI is InChI=1S/C43H85NO6S/c1-4-7-10-12-14-16-18-19-20-21-22-24-26-28-30-32-35-44(43(49)51,42-41(48)40(47)39(46)38(36-45)50-42)37(33-9-6-3)34-31-29-27-25-23-17-15-13-11-8-5-2/h37-42,45-48H,4-36H2,1-3H3/t37?,38-,39-,40+,41-,42?,44?/m1/s1. The van der Waals surface area contributed by atoms with Crippen LogP contribution in [0.25, 0.3) is 0 Å². The van der Waals surface area contributed by atoms with Gasteiger partial charge in [0.2, 0.25) is 6.23 Å². The molecule has 1 aliphatic rings. The molecule has 0 amide bonds. The van der Waals surface area contributed by atoms with Crippen LogP contribution in [-0.2, 0) is 4.74 Å². The number of unbranched alkanes of at least 4 members (excludes halogenated alkanes) is 26. The molecule has 0 radical (unpaired) electrons. The Morgan fingerprint density at radius 3 is 1.25 bits per heavy atom. The lowest BCUT2D eigenvalue weighted by molar-refractivity contribution is -0.941. The summed E-state index contributed by atoms with van der Waals surface area (Å²) < 4.78 is 5.96.